The van der Waals surface area contributed by atoms with Crippen LogP contribution in [0.25, 0.3) is 11.5 Å². The van der Waals surface area contributed by atoms with E-state index in [2.05, 4.69) is 10.3 Å². The van der Waals surface area contributed by atoms with E-state index in [4.69, 9.17) is 9.68 Å². The van der Waals surface area contributed by atoms with Crippen LogP contribution >= 0.6 is 0 Å². The standard InChI is InChI=1S/C14H13N3O3S/c15-8-12-14(16-11-6-7-21(18,19)9-11)20-13(17-12)10-4-2-1-3-5-10/h1-5,11,16H,6-7,9H2/t11-/m0/s1. The normalized spacial score (nSPS) is 20.0. The molecule has 1 fully saturated rings. The van der Waals surface area contributed by atoms with Gasteiger partial charge in [0.2, 0.25) is 17.5 Å². The highest BCUT2D eigenvalue weighted by Gasteiger charge is 2.29. The van der Waals surface area contributed by atoms with E-state index < -0.39 is 9.84 Å². The molecule has 6 nitrogen and oxygen atoms in total. The van der Waals surface area contributed by atoms with Gasteiger partial charge in [0.25, 0.3) is 0 Å². The van der Waals surface area contributed by atoms with Crippen LogP contribution in [0.3, 0.4) is 0 Å². The van der Waals surface area contributed by atoms with Crippen molar-refractivity contribution in [1.29, 1.82) is 5.26 Å². The zero-order valence-electron chi connectivity index (χ0n) is 11.1. The van der Waals surface area contributed by atoms with Crippen molar-refractivity contribution in [2.75, 3.05) is 16.8 Å². The van der Waals surface area contributed by atoms with Crippen LogP contribution in [0.1, 0.15) is 12.1 Å². The Kier molecular flexibility index (Phi) is 3.39. The van der Waals surface area contributed by atoms with Crippen molar-refractivity contribution in [1.82, 2.24) is 4.98 Å². The van der Waals surface area contributed by atoms with E-state index in [1.807, 2.05) is 36.4 Å². The summed E-state index contributed by atoms with van der Waals surface area (Å²) in [5.41, 5.74) is 0.902. The number of sulfone groups is 1. The molecule has 0 unspecified atom stereocenters. The van der Waals surface area contributed by atoms with Gasteiger partial charge in [-0.1, -0.05) is 18.2 Å². The summed E-state index contributed by atoms with van der Waals surface area (Å²) in [6, 6.07) is 11.0. The Labute approximate surface area is 122 Å². The van der Waals surface area contributed by atoms with Crippen molar-refractivity contribution in [3.63, 3.8) is 0 Å². The molecular weight excluding hydrogens is 290 g/mol. The fraction of sp³-hybridized carbons (Fsp3) is 0.286. The minimum atomic E-state index is -2.99. The number of nitrogens with zero attached hydrogens (tertiary/aromatic N) is 2. The second-order valence-electron chi connectivity index (χ2n) is 4.92. The molecule has 1 aliphatic heterocycles. The van der Waals surface area contributed by atoms with E-state index >= 15 is 0 Å². The van der Waals surface area contributed by atoms with E-state index in [-0.39, 0.29) is 29.1 Å². The maximum Gasteiger partial charge on any atom is 0.232 e. The molecule has 21 heavy (non-hydrogen) atoms. The molecule has 108 valence electrons. The van der Waals surface area contributed by atoms with Crippen LogP contribution in [0.5, 0.6) is 0 Å². The lowest BCUT2D eigenvalue weighted by atomic mass is 10.2. The Morgan fingerprint density at radius 1 is 1.33 bits per heavy atom. The average molecular weight is 303 g/mol. The molecule has 0 spiro atoms. The first kappa shape index (κ1) is 13.6. The molecule has 3 rings (SSSR count). The third-order valence-corrected chi connectivity index (χ3v) is 5.09. The number of aromatic nitrogens is 1. The van der Waals surface area contributed by atoms with Gasteiger partial charge in [0.05, 0.1) is 11.5 Å². The molecule has 2 heterocycles. The summed E-state index contributed by atoms with van der Waals surface area (Å²) in [5.74, 6) is 0.792. The lowest BCUT2D eigenvalue weighted by Gasteiger charge is -2.08. The Morgan fingerprint density at radius 2 is 2.10 bits per heavy atom. The summed E-state index contributed by atoms with van der Waals surface area (Å²) in [4.78, 5) is 4.14. The van der Waals surface area contributed by atoms with Gasteiger partial charge in [-0.15, -0.1) is 0 Å². The van der Waals surface area contributed by atoms with Gasteiger partial charge in [-0.05, 0) is 18.6 Å². The maximum atomic E-state index is 11.5. The number of nitriles is 1. The van der Waals surface area contributed by atoms with Crippen molar-refractivity contribution in [3.05, 3.63) is 36.0 Å². The number of rotatable bonds is 3. The number of nitrogens with one attached hydrogen (secondary N) is 1. The first-order valence-corrected chi connectivity index (χ1v) is 8.33. The van der Waals surface area contributed by atoms with E-state index in [0.29, 0.717) is 12.3 Å². The molecule has 0 radical (unpaired) electrons. The highest BCUT2D eigenvalue weighted by atomic mass is 32.2. The quantitative estimate of drug-likeness (QED) is 0.929. The molecule has 1 saturated heterocycles. The van der Waals surface area contributed by atoms with E-state index in [9.17, 15) is 8.42 Å². The van der Waals surface area contributed by atoms with Gasteiger partial charge in [0.1, 0.15) is 6.07 Å². The van der Waals surface area contributed by atoms with Gasteiger partial charge in [-0.3, -0.25) is 0 Å². The summed E-state index contributed by atoms with van der Waals surface area (Å²) >= 11 is 0. The summed E-state index contributed by atoms with van der Waals surface area (Å²) in [7, 11) is -2.99. The molecule has 0 amide bonds. The zero-order valence-corrected chi connectivity index (χ0v) is 11.9. The van der Waals surface area contributed by atoms with Crippen molar-refractivity contribution in [2.24, 2.45) is 0 Å². The van der Waals surface area contributed by atoms with Crippen molar-refractivity contribution in [3.8, 4) is 17.5 Å². The van der Waals surface area contributed by atoms with Crippen LogP contribution < -0.4 is 5.32 Å². The molecule has 1 aliphatic rings. The second kappa shape index (κ2) is 5.22. The van der Waals surface area contributed by atoms with Gasteiger partial charge < -0.3 is 9.73 Å². The SMILES string of the molecule is N#Cc1nc(-c2ccccc2)oc1N[C@H]1CCS(=O)(=O)C1. The fourth-order valence-electron chi connectivity index (χ4n) is 2.29. The van der Waals surface area contributed by atoms with Gasteiger partial charge in [0.15, 0.2) is 9.84 Å². The Bertz CT molecular complexity index is 791. The third kappa shape index (κ3) is 2.90. The molecular formula is C14H13N3O3S. The van der Waals surface area contributed by atoms with E-state index in [0.717, 1.165) is 5.56 Å². The van der Waals surface area contributed by atoms with Crippen LogP contribution in [0.15, 0.2) is 34.7 Å². The van der Waals surface area contributed by atoms with E-state index in [1.54, 1.807) is 0 Å². The topological polar surface area (TPSA) is 96.0 Å². The van der Waals surface area contributed by atoms with Gasteiger partial charge >= 0.3 is 0 Å². The highest BCUT2D eigenvalue weighted by molar-refractivity contribution is 7.91. The van der Waals surface area contributed by atoms with Gasteiger partial charge in [-0.25, -0.2) is 8.42 Å². The summed E-state index contributed by atoms with van der Waals surface area (Å²) in [6.07, 6.45) is 0.509. The Hall–Kier alpha value is -2.33. The van der Waals surface area contributed by atoms with Crippen molar-refractivity contribution >= 4 is 15.7 Å². The molecule has 7 heteroatoms. The summed E-state index contributed by atoms with van der Waals surface area (Å²) in [6.45, 7) is 0. The van der Waals surface area contributed by atoms with Crippen LogP contribution in [0, 0.1) is 11.3 Å². The molecule has 1 aromatic carbocycles. The Morgan fingerprint density at radius 3 is 2.71 bits per heavy atom. The first-order chi connectivity index (χ1) is 10.1. The van der Waals surface area contributed by atoms with Crippen LogP contribution in [-0.2, 0) is 9.84 Å². The van der Waals surface area contributed by atoms with Crippen molar-refractivity contribution < 1.29 is 12.8 Å². The maximum absolute atomic E-state index is 11.5. The van der Waals surface area contributed by atoms with E-state index in [1.165, 1.54) is 0 Å². The zero-order chi connectivity index (χ0) is 14.9. The van der Waals surface area contributed by atoms with Gasteiger partial charge in [0, 0.05) is 11.6 Å². The molecule has 1 N–H and O–H groups in total. The van der Waals surface area contributed by atoms with Crippen LogP contribution in [-0.4, -0.2) is 30.9 Å². The summed E-state index contributed by atoms with van der Waals surface area (Å²) in [5, 5.41) is 12.1. The minimum absolute atomic E-state index is 0.0548. The lowest BCUT2D eigenvalue weighted by molar-refractivity contribution is 0.575. The fourth-order valence-corrected chi connectivity index (χ4v) is 3.97. The largest absolute Gasteiger partial charge is 0.419 e. The molecule has 1 atom stereocenters. The molecule has 2 aromatic rings. The minimum Gasteiger partial charge on any atom is -0.419 e. The molecule has 0 saturated carbocycles. The third-order valence-electron chi connectivity index (χ3n) is 3.32. The van der Waals surface area contributed by atoms with Gasteiger partial charge in [-0.2, -0.15) is 10.2 Å². The molecule has 1 aromatic heterocycles. The summed E-state index contributed by atoms with van der Waals surface area (Å²) < 4.78 is 28.5. The monoisotopic (exact) mass is 303 g/mol. The lowest BCUT2D eigenvalue weighted by Crippen LogP contribution is -2.20. The van der Waals surface area contributed by atoms with Crippen LogP contribution in [0.2, 0.25) is 0 Å². The molecule has 0 aliphatic carbocycles. The predicted molar refractivity (Wildman–Crippen MR) is 77.3 cm³/mol. The molecule has 0 bridgehead atoms. The predicted octanol–water partition coefficient (Wildman–Crippen LogP) is 1.81. The highest BCUT2D eigenvalue weighted by Crippen LogP contribution is 2.27. The smallest absolute Gasteiger partial charge is 0.232 e. The second-order valence-corrected chi connectivity index (χ2v) is 7.15. The number of hydrogen-bond acceptors (Lipinski definition) is 6. The van der Waals surface area contributed by atoms with Crippen molar-refractivity contribution in [2.45, 2.75) is 12.5 Å². The number of hydrogen-bond donors (Lipinski definition) is 1. The first-order valence-electron chi connectivity index (χ1n) is 6.51. The number of benzene rings is 1. The Balaban J connectivity index is 1.86. The van der Waals surface area contributed by atoms with Crippen LogP contribution in [0.4, 0.5) is 5.88 Å². The average Bonchev–Trinajstić information content (AvgIpc) is 3.03. The number of anilines is 1. The number of oxazole rings is 1.